The van der Waals surface area contributed by atoms with Crippen LogP contribution in [0.5, 0.6) is 0 Å². The number of nitrogens with one attached hydrogen (secondary N) is 2. The van der Waals surface area contributed by atoms with E-state index in [1.807, 2.05) is 97.9 Å². The van der Waals surface area contributed by atoms with Crippen LogP contribution in [0.3, 0.4) is 0 Å². The summed E-state index contributed by atoms with van der Waals surface area (Å²) in [7, 11) is 0. The molecule has 2 heterocycles. The SMILES string of the molecule is Cc1ccccc1-n1c(SCC(=O)Nc2cccc3ccccc23)nc2c([nH]c3ccccc32)c1=O. The number of thioether (sulfide) groups is 1. The number of fused-ring (bicyclic) bond motifs is 4. The van der Waals surface area contributed by atoms with Crippen molar-refractivity contribution in [1.82, 2.24) is 14.5 Å². The van der Waals surface area contributed by atoms with Crippen molar-refractivity contribution in [2.75, 3.05) is 11.1 Å². The minimum Gasteiger partial charge on any atom is -0.349 e. The number of aromatic nitrogens is 3. The summed E-state index contributed by atoms with van der Waals surface area (Å²) in [6, 6.07) is 29.2. The summed E-state index contributed by atoms with van der Waals surface area (Å²) in [4.78, 5) is 34.9. The molecule has 6 aromatic rings. The summed E-state index contributed by atoms with van der Waals surface area (Å²) >= 11 is 1.25. The molecular weight excluding hydrogens is 468 g/mol. The zero-order chi connectivity index (χ0) is 24.6. The third-order valence-electron chi connectivity index (χ3n) is 6.25. The summed E-state index contributed by atoms with van der Waals surface area (Å²) in [5.74, 6) is -0.0592. The molecular formula is C29H22N4O2S. The first-order valence-corrected chi connectivity index (χ1v) is 12.6. The number of nitrogens with zero attached hydrogens (tertiary/aromatic N) is 2. The Bertz CT molecular complexity index is 1830. The van der Waals surface area contributed by atoms with Crippen LogP contribution in [-0.4, -0.2) is 26.2 Å². The van der Waals surface area contributed by atoms with E-state index in [4.69, 9.17) is 4.98 Å². The summed E-state index contributed by atoms with van der Waals surface area (Å²) in [6.07, 6.45) is 0. The highest BCUT2D eigenvalue weighted by Crippen LogP contribution is 2.28. The zero-order valence-electron chi connectivity index (χ0n) is 19.5. The Balaban J connectivity index is 1.40. The van der Waals surface area contributed by atoms with Crippen LogP contribution in [0.4, 0.5) is 5.69 Å². The van der Waals surface area contributed by atoms with Crippen LogP contribution in [0.15, 0.2) is 101 Å². The number of anilines is 1. The summed E-state index contributed by atoms with van der Waals surface area (Å²) < 4.78 is 1.60. The molecule has 0 atom stereocenters. The first-order chi connectivity index (χ1) is 17.6. The molecule has 0 radical (unpaired) electrons. The molecule has 4 aromatic carbocycles. The van der Waals surface area contributed by atoms with E-state index in [1.54, 1.807) is 4.57 Å². The summed E-state index contributed by atoms with van der Waals surface area (Å²) in [6.45, 7) is 1.96. The van der Waals surface area contributed by atoms with Crippen molar-refractivity contribution in [1.29, 1.82) is 0 Å². The van der Waals surface area contributed by atoms with E-state index in [2.05, 4.69) is 10.3 Å². The number of aryl methyl sites for hydroxylation is 1. The lowest BCUT2D eigenvalue weighted by Gasteiger charge is -2.14. The van der Waals surface area contributed by atoms with Crippen LogP contribution in [0.1, 0.15) is 5.56 Å². The van der Waals surface area contributed by atoms with Crippen molar-refractivity contribution in [3.05, 3.63) is 107 Å². The maximum absolute atomic E-state index is 13.7. The fourth-order valence-corrected chi connectivity index (χ4v) is 5.32. The lowest BCUT2D eigenvalue weighted by molar-refractivity contribution is -0.113. The third-order valence-corrected chi connectivity index (χ3v) is 7.19. The molecule has 0 spiro atoms. The smallest absolute Gasteiger partial charge is 0.283 e. The molecule has 2 aromatic heterocycles. The van der Waals surface area contributed by atoms with Gasteiger partial charge in [0.2, 0.25) is 5.91 Å². The lowest BCUT2D eigenvalue weighted by atomic mass is 10.1. The van der Waals surface area contributed by atoms with Crippen molar-refractivity contribution in [3.8, 4) is 5.69 Å². The minimum atomic E-state index is -0.192. The Hall–Kier alpha value is -4.36. The molecule has 0 saturated heterocycles. The Morgan fingerprint density at radius 1 is 0.917 bits per heavy atom. The largest absolute Gasteiger partial charge is 0.349 e. The summed E-state index contributed by atoms with van der Waals surface area (Å²) in [5, 5.41) is 6.41. The molecule has 0 bridgehead atoms. The topological polar surface area (TPSA) is 79.8 Å². The fourth-order valence-electron chi connectivity index (χ4n) is 4.52. The Morgan fingerprint density at radius 2 is 1.64 bits per heavy atom. The maximum Gasteiger partial charge on any atom is 0.283 e. The monoisotopic (exact) mass is 490 g/mol. The van der Waals surface area contributed by atoms with E-state index in [0.29, 0.717) is 16.2 Å². The number of hydrogen-bond donors (Lipinski definition) is 2. The van der Waals surface area contributed by atoms with E-state index in [1.165, 1.54) is 11.8 Å². The van der Waals surface area contributed by atoms with Gasteiger partial charge in [-0.3, -0.25) is 14.2 Å². The average molecular weight is 491 g/mol. The molecule has 0 fully saturated rings. The van der Waals surface area contributed by atoms with Crippen molar-refractivity contribution in [2.24, 2.45) is 0 Å². The van der Waals surface area contributed by atoms with Gasteiger partial charge in [0.15, 0.2) is 5.16 Å². The molecule has 7 heteroatoms. The molecule has 0 aliphatic carbocycles. The van der Waals surface area contributed by atoms with Gasteiger partial charge in [0.1, 0.15) is 11.0 Å². The molecule has 6 rings (SSSR count). The number of H-pyrrole nitrogens is 1. The predicted molar refractivity (Wildman–Crippen MR) is 147 cm³/mol. The minimum absolute atomic E-state index is 0.107. The molecule has 0 aliphatic heterocycles. The highest BCUT2D eigenvalue weighted by Gasteiger charge is 2.19. The highest BCUT2D eigenvalue weighted by molar-refractivity contribution is 7.99. The number of amides is 1. The van der Waals surface area contributed by atoms with E-state index in [9.17, 15) is 9.59 Å². The molecule has 6 nitrogen and oxygen atoms in total. The maximum atomic E-state index is 13.7. The van der Waals surface area contributed by atoms with Gasteiger partial charge in [-0.15, -0.1) is 0 Å². The number of carbonyl (C=O) groups excluding carboxylic acids is 1. The van der Waals surface area contributed by atoms with Gasteiger partial charge in [-0.1, -0.05) is 84.6 Å². The van der Waals surface area contributed by atoms with Crippen LogP contribution >= 0.6 is 11.8 Å². The molecule has 36 heavy (non-hydrogen) atoms. The highest BCUT2D eigenvalue weighted by atomic mass is 32.2. The molecule has 0 aliphatic rings. The Kier molecular flexibility index (Phi) is 5.54. The predicted octanol–water partition coefficient (Wildman–Crippen LogP) is 6.06. The van der Waals surface area contributed by atoms with Crippen molar-refractivity contribution < 1.29 is 4.79 Å². The lowest BCUT2D eigenvalue weighted by Crippen LogP contribution is -2.23. The van der Waals surface area contributed by atoms with Gasteiger partial charge >= 0.3 is 0 Å². The second kappa shape index (κ2) is 9.02. The first kappa shape index (κ1) is 22.1. The quantitative estimate of drug-likeness (QED) is 0.227. The average Bonchev–Trinajstić information content (AvgIpc) is 3.28. The molecule has 1 amide bonds. The number of benzene rings is 4. The number of para-hydroxylation sites is 2. The number of hydrogen-bond acceptors (Lipinski definition) is 4. The van der Waals surface area contributed by atoms with E-state index in [0.717, 1.165) is 38.6 Å². The fraction of sp³-hybridized carbons (Fsp3) is 0.0690. The zero-order valence-corrected chi connectivity index (χ0v) is 20.3. The van der Waals surface area contributed by atoms with Gasteiger partial charge < -0.3 is 10.3 Å². The number of rotatable bonds is 5. The van der Waals surface area contributed by atoms with Gasteiger partial charge in [-0.05, 0) is 36.1 Å². The van der Waals surface area contributed by atoms with Gasteiger partial charge in [-0.2, -0.15) is 0 Å². The van der Waals surface area contributed by atoms with E-state index >= 15 is 0 Å². The third kappa shape index (κ3) is 3.83. The number of aromatic amines is 1. The molecule has 0 unspecified atom stereocenters. The van der Waals surface area contributed by atoms with Crippen molar-refractivity contribution in [2.45, 2.75) is 12.1 Å². The second-order valence-electron chi connectivity index (χ2n) is 8.58. The van der Waals surface area contributed by atoms with Gasteiger partial charge in [0.05, 0.1) is 11.4 Å². The second-order valence-corrected chi connectivity index (χ2v) is 9.52. The number of carbonyl (C=O) groups is 1. The van der Waals surface area contributed by atoms with Crippen LogP contribution in [-0.2, 0) is 4.79 Å². The van der Waals surface area contributed by atoms with Gasteiger partial charge in [0, 0.05) is 22.0 Å². The normalized spacial score (nSPS) is 11.4. The first-order valence-electron chi connectivity index (χ1n) is 11.6. The van der Waals surface area contributed by atoms with Gasteiger partial charge in [-0.25, -0.2) is 4.98 Å². The molecule has 2 N–H and O–H groups in total. The molecule has 176 valence electrons. The van der Waals surface area contributed by atoms with Crippen LogP contribution in [0.25, 0.3) is 38.4 Å². The summed E-state index contributed by atoms with van der Waals surface area (Å²) in [5.41, 5.74) is 4.16. The molecule has 0 saturated carbocycles. The van der Waals surface area contributed by atoms with E-state index < -0.39 is 0 Å². The van der Waals surface area contributed by atoms with Gasteiger partial charge in [0.25, 0.3) is 5.56 Å². The Labute approximate surface area is 211 Å². The van der Waals surface area contributed by atoms with Crippen molar-refractivity contribution in [3.63, 3.8) is 0 Å². The standard InChI is InChI=1S/C29H22N4O2S/c1-18-9-2-7-16-24(18)33-28(35)27-26(21-13-5-6-14-23(21)31-27)32-29(33)36-17-25(34)30-22-15-8-11-19-10-3-4-12-20(19)22/h2-16,31H,17H2,1H3,(H,30,34). The van der Waals surface area contributed by atoms with Crippen LogP contribution in [0.2, 0.25) is 0 Å². The van der Waals surface area contributed by atoms with Crippen LogP contribution in [0, 0.1) is 6.92 Å². The van der Waals surface area contributed by atoms with Crippen LogP contribution < -0.4 is 10.9 Å². The Morgan fingerprint density at radius 3 is 2.50 bits per heavy atom. The van der Waals surface area contributed by atoms with E-state index in [-0.39, 0.29) is 17.2 Å². The van der Waals surface area contributed by atoms with Crippen molar-refractivity contribution >= 4 is 56.1 Å².